The van der Waals surface area contributed by atoms with Gasteiger partial charge in [0.2, 0.25) is 0 Å². The number of rotatable bonds is 2. The highest BCUT2D eigenvalue weighted by molar-refractivity contribution is 5.92. The summed E-state index contributed by atoms with van der Waals surface area (Å²) in [7, 11) is 0. The molecule has 5 heteroatoms. The van der Waals surface area contributed by atoms with E-state index in [1.807, 2.05) is 0 Å². The molecule has 0 spiro atoms. The molecule has 2 unspecified atom stereocenters. The standard InChI is InChI=1S/C22H30O5/c1-13-11-16(26-18(13)23)25-12-14-17-21(4)9-6-8-20(2,3)15(21)7-10-22(17,5)27-19(14)24/h11-12,15-17H,6-10H2,1-5H3/b14-12-/t15?,16?,17-,21+,22-/m1/s1. The van der Waals surface area contributed by atoms with Crippen LogP contribution >= 0.6 is 0 Å². The molecule has 0 bridgehead atoms. The van der Waals surface area contributed by atoms with Crippen molar-refractivity contribution in [2.45, 2.75) is 78.6 Å². The molecule has 2 heterocycles. The van der Waals surface area contributed by atoms with Gasteiger partial charge in [0.1, 0.15) is 5.60 Å². The van der Waals surface area contributed by atoms with E-state index in [0.29, 0.717) is 17.1 Å². The maximum atomic E-state index is 12.8. The second-order valence-corrected chi connectivity index (χ2v) is 9.91. The zero-order valence-electron chi connectivity index (χ0n) is 17.0. The van der Waals surface area contributed by atoms with Gasteiger partial charge < -0.3 is 14.2 Å². The predicted octanol–water partition coefficient (Wildman–Crippen LogP) is 4.27. The van der Waals surface area contributed by atoms with Crippen molar-refractivity contribution < 1.29 is 23.8 Å². The van der Waals surface area contributed by atoms with E-state index in [1.165, 1.54) is 12.7 Å². The topological polar surface area (TPSA) is 61.8 Å². The highest BCUT2D eigenvalue weighted by Crippen LogP contribution is 2.66. The lowest BCUT2D eigenvalue weighted by atomic mass is 9.45. The molecule has 0 aromatic rings. The first-order chi connectivity index (χ1) is 12.6. The van der Waals surface area contributed by atoms with Gasteiger partial charge >= 0.3 is 11.9 Å². The molecule has 0 aromatic carbocycles. The number of carbonyl (C=O) groups is 2. The number of esters is 2. The van der Waals surface area contributed by atoms with Gasteiger partial charge in [-0.15, -0.1) is 0 Å². The molecule has 5 nitrogen and oxygen atoms in total. The molecule has 2 aliphatic heterocycles. The van der Waals surface area contributed by atoms with Gasteiger partial charge in [0.05, 0.1) is 11.8 Å². The zero-order chi connectivity index (χ0) is 19.6. The van der Waals surface area contributed by atoms with Crippen molar-refractivity contribution in [1.29, 1.82) is 0 Å². The number of fused-ring (bicyclic) bond motifs is 3. The van der Waals surface area contributed by atoms with Gasteiger partial charge in [-0.05, 0) is 56.3 Å². The smallest absolute Gasteiger partial charge is 0.338 e. The fraction of sp³-hybridized carbons (Fsp3) is 0.727. The van der Waals surface area contributed by atoms with Crippen LogP contribution in [0.15, 0.2) is 23.5 Å². The summed E-state index contributed by atoms with van der Waals surface area (Å²) in [5, 5.41) is 0. The third-order valence-electron chi connectivity index (χ3n) is 7.61. The largest absolute Gasteiger partial charge is 0.458 e. The minimum absolute atomic E-state index is 0.00185. The molecule has 4 rings (SSSR count). The first-order valence-corrected chi connectivity index (χ1v) is 10.1. The number of carbonyl (C=O) groups excluding carboxylic acids is 2. The van der Waals surface area contributed by atoms with Crippen LogP contribution in [-0.4, -0.2) is 23.8 Å². The molecule has 27 heavy (non-hydrogen) atoms. The Bertz CT molecular complexity index is 748. The molecule has 4 aliphatic rings. The third kappa shape index (κ3) is 2.73. The van der Waals surface area contributed by atoms with E-state index in [1.54, 1.807) is 13.0 Å². The second-order valence-electron chi connectivity index (χ2n) is 9.91. The summed E-state index contributed by atoms with van der Waals surface area (Å²) in [5.41, 5.74) is 0.886. The lowest BCUT2D eigenvalue weighted by Crippen LogP contribution is -2.56. The zero-order valence-corrected chi connectivity index (χ0v) is 17.0. The highest BCUT2D eigenvalue weighted by atomic mass is 16.7. The van der Waals surface area contributed by atoms with E-state index in [2.05, 4.69) is 27.7 Å². The summed E-state index contributed by atoms with van der Waals surface area (Å²) in [6.45, 7) is 10.8. The van der Waals surface area contributed by atoms with Gasteiger partial charge in [-0.2, -0.15) is 0 Å². The molecule has 1 saturated heterocycles. The number of hydrogen-bond acceptors (Lipinski definition) is 5. The predicted molar refractivity (Wildman–Crippen MR) is 99.3 cm³/mol. The van der Waals surface area contributed by atoms with E-state index in [4.69, 9.17) is 14.2 Å². The fourth-order valence-corrected chi connectivity index (χ4v) is 6.52. The maximum absolute atomic E-state index is 12.8. The summed E-state index contributed by atoms with van der Waals surface area (Å²) in [6.07, 6.45) is 7.81. The Hall–Kier alpha value is -1.78. The maximum Gasteiger partial charge on any atom is 0.338 e. The summed E-state index contributed by atoms with van der Waals surface area (Å²) in [6, 6.07) is 0. The number of hydrogen-bond donors (Lipinski definition) is 0. The first kappa shape index (κ1) is 18.6. The normalized spacial score (nSPS) is 44.3. The van der Waals surface area contributed by atoms with Crippen molar-refractivity contribution in [2.75, 3.05) is 0 Å². The average molecular weight is 374 g/mol. The van der Waals surface area contributed by atoms with Crippen molar-refractivity contribution in [3.05, 3.63) is 23.5 Å². The van der Waals surface area contributed by atoms with Crippen LogP contribution in [0.2, 0.25) is 0 Å². The van der Waals surface area contributed by atoms with Crippen molar-refractivity contribution >= 4 is 11.9 Å². The molecule has 3 fully saturated rings. The molecule has 0 amide bonds. The summed E-state index contributed by atoms with van der Waals surface area (Å²) in [5.74, 6) is -0.132. The van der Waals surface area contributed by atoms with Gasteiger partial charge in [-0.1, -0.05) is 27.2 Å². The van der Waals surface area contributed by atoms with Crippen LogP contribution in [0.3, 0.4) is 0 Å². The Morgan fingerprint density at radius 3 is 2.52 bits per heavy atom. The average Bonchev–Trinajstić information content (AvgIpc) is 3.00. The quantitative estimate of drug-likeness (QED) is 0.410. The van der Waals surface area contributed by atoms with Gasteiger partial charge in [-0.3, -0.25) is 0 Å². The van der Waals surface area contributed by atoms with E-state index in [0.717, 1.165) is 25.7 Å². The SMILES string of the molecule is CC1=CC(O/C=C2\C(=O)O[C@]3(C)CCC4C(C)(C)CCC[C@]4(C)[C@@H]23)OC1=O. The molecule has 5 atom stereocenters. The lowest BCUT2D eigenvalue weighted by molar-refractivity contribution is -0.164. The summed E-state index contributed by atoms with van der Waals surface area (Å²) < 4.78 is 16.7. The number of ether oxygens (including phenoxy) is 3. The van der Waals surface area contributed by atoms with E-state index in [-0.39, 0.29) is 28.7 Å². The minimum Gasteiger partial charge on any atom is -0.458 e. The van der Waals surface area contributed by atoms with Gasteiger partial charge in [0.25, 0.3) is 6.29 Å². The van der Waals surface area contributed by atoms with Gasteiger partial charge in [0, 0.05) is 17.6 Å². The molecule has 2 aliphatic carbocycles. The Morgan fingerprint density at radius 2 is 1.85 bits per heavy atom. The van der Waals surface area contributed by atoms with Crippen molar-refractivity contribution in [2.24, 2.45) is 22.7 Å². The molecular weight excluding hydrogens is 344 g/mol. The lowest BCUT2D eigenvalue weighted by Gasteiger charge is -2.59. The highest BCUT2D eigenvalue weighted by Gasteiger charge is 2.65. The van der Waals surface area contributed by atoms with Crippen LogP contribution < -0.4 is 0 Å². The summed E-state index contributed by atoms with van der Waals surface area (Å²) in [4.78, 5) is 24.3. The van der Waals surface area contributed by atoms with Crippen molar-refractivity contribution in [1.82, 2.24) is 0 Å². The van der Waals surface area contributed by atoms with Gasteiger partial charge in [-0.25, -0.2) is 9.59 Å². The van der Waals surface area contributed by atoms with E-state index < -0.39 is 11.9 Å². The fourth-order valence-electron chi connectivity index (χ4n) is 6.52. The van der Waals surface area contributed by atoms with Crippen molar-refractivity contribution in [3.8, 4) is 0 Å². The number of cyclic esters (lactones) is 1. The van der Waals surface area contributed by atoms with Gasteiger partial charge in [0.15, 0.2) is 0 Å². The molecule has 0 aromatic heterocycles. The Balaban J connectivity index is 1.67. The minimum atomic E-state index is -0.764. The second kappa shape index (κ2) is 5.86. The van der Waals surface area contributed by atoms with Crippen molar-refractivity contribution in [3.63, 3.8) is 0 Å². The molecule has 148 valence electrons. The van der Waals surface area contributed by atoms with Crippen LogP contribution in [0.1, 0.15) is 66.7 Å². The van der Waals surface area contributed by atoms with Crippen LogP contribution in [0.4, 0.5) is 0 Å². The van der Waals surface area contributed by atoms with Crippen LogP contribution in [0.25, 0.3) is 0 Å². The molecule has 0 N–H and O–H groups in total. The van der Waals surface area contributed by atoms with Crippen LogP contribution in [-0.2, 0) is 23.8 Å². The molecule has 2 saturated carbocycles. The molecular formula is C22H30O5. The Kier molecular flexibility index (Phi) is 4.03. The van der Waals surface area contributed by atoms with E-state index in [9.17, 15) is 9.59 Å². The Labute approximate surface area is 161 Å². The third-order valence-corrected chi connectivity index (χ3v) is 7.61. The first-order valence-electron chi connectivity index (χ1n) is 10.1. The van der Waals surface area contributed by atoms with E-state index >= 15 is 0 Å². The van der Waals surface area contributed by atoms with Crippen LogP contribution in [0, 0.1) is 22.7 Å². The van der Waals surface area contributed by atoms with Crippen LogP contribution in [0.5, 0.6) is 0 Å². The Morgan fingerprint density at radius 1 is 1.11 bits per heavy atom. The summed E-state index contributed by atoms with van der Waals surface area (Å²) >= 11 is 0. The molecule has 0 radical (unpaired) electrons. The monoisotopic (exact) mass is 374 g/mol.